The highest BCUT2D eigenvalue weighted by Crippen LogP contribution is 2.06. The summed E-state index contributed by atoms with van der Waals surface area (Å²) in [5, 5.41) is 5.35. The molecule has 1 fully saturated rings. The molecule has 0 radical (unpaired) electrons. The molecule has 1 aliphatic heterocycles. The summed E-state index contributed by atoms with van der Waals surface area (Å²) in [5.74, 6) is -0.697. The molecule has 0 bridgehead atoms. The Labute approximate surface area is 110 Å². The van der Waals surface area contributed by atoms with Crippen molar-refractivity contribution in [3.63, 3.8) is 0 Å². The number of carbonyl (C=O) groups is 2. The maximum absolute atomic E-state index is 12.0. The van der Waals surface area contributed by atoms with E-state index in [0.717, 1.165) is 12.8 Å². The lowest BCUT2D eigenvalue weighted by atomic mass is 10.1. The van der Waals surface area contributed by atoms with Gasteiger partial charge in [0.1, 0.15) is 11.6 Å². The number of amides is 2. The first kappa shape index (κ1) is 13.3. The van der Waals surface area contributed by atoms with Crippen LogP contribution < -0.4 is 16.2 Å². The highest BCUT2D eigenvalue weighted by atomic mass is 16.2. The SMILES string of the molecule is Cc1ccc(C(=O)N[C@H]2CCCCNC2=O)c(=O)[nH]1. The summed E-state index contributed by atoms with van der Waals surface area (Å²) in [7, 11) is 0. The van der Waals surface area contributed by atoms with Gasteiger partial charge in [0.15, 0.2) is 0 Å². The van der Waals surface area contributed by atoms with E-state index in [1.165, 1.54) is 6.07 Å². The molecule has 6 heteroatoms. The molecule has 0 aromatic carbocycles. The Kier molecular flexibility index (Phi) is 3.99. The van der Waals surface area contributed by atoms with Crippen LogP contribution >= 0.6 is 0 Å². The zero-order valence-electron chi connectivity index (χ0n) is 10.8. The van der Waals surface area contributed by atoms with E-state index in [4.69, 9.17) is 0 Å². The summed E-state index contributed by atoms with van der Waals surface area (Å²) in [6, 6.07) is 2.57. The second-order valence-electron chi connectivity index (χ2n) is 4.70. The number of rotatable bonds is 2. The number of aryl methyl sites for hydroxylation is 1. The first-order chi connectivity index (χ1) is 9.08. The zero-order valence-corrected chi connectivity index (χ0v) is 10.8. The van der Waals surface area contributed by atoms with Crippen LogP contribution in [0.5, 0.6) is 0 Å². The van der Waals surface area contributed by atoms with Crippen molar-refractivity contribution in [3.8, 4) is 0 Å². The van der Waals surface area contributed by atoms with Crippen molar-refractivity contribution >= 4 is 11.8 Å². The van der Waals surface area contributed by atoms with Gasteiger partial charge in [0.05, 0.1) is 0 Å². The zero-order chi connectivity index (χ0) is 13.8. The molecule has 2 amide bonds. The minimum absolute atomic E-state index is 0.0302. The first-order valence-electron chi connectivity index (χ1n) is 6.36. The van der Waals surface area contributed by atoms with Gasteiger partial charge in [-0.15, -0.1) is 0 Å². The van der Waals surface area contributed by atoms with Crippen LogP contribution in [-0.4, -0.2) is 29.4 Å². The number of pyridine rings is 1. The highest BCUT2D eigenvalue weighted by molar-refractivity contribution is 5.97. The van der Waals surface area contributed by atoms with Crippen LogP contribution in [-0.2, 0) is 4.79 Å². The summed E-state index contributed by atoms with van der Waals surface area (Å²) >= 11 is 0. The average molecular weight is 263 g/mol. The van der Waals surface area contributed by atoms with E-state index in [1.807, 2.05) is 0 Å². The molecule has 2 heterocycles. The molecule has 0 saturated carbocycles. The van der Waals surface area contributed by atoms with Gasteiger partial charge in [-0.2, -0.15) is 0 Å². The number of aromatic amines is 1. The third-order valence-electron chi connectivity index (χ3n) is 3.14. The Bertz CT molecular complexity index is 550. The number of nitrogens with one attached hydrogen (secondary N) is 3. The van der Waals surface area contributed by atoms with Crippen LogP contribution in [0, 0.1) is 6.92 Å². The van der Waals surface area contributed by atoms with Gasteiger partial charge in [0, 0.05) is 12.2 Å². The largest absolute Gasteiger partial charge is 0.354 e. The lowest BCUT2D eigenvalue weighted by Gasteiger charge is -2.14. The summed E-state index contributed by atoms with van der Waals surface area (Å²) in [6.45, 7) is 2.37. The summed E-state index contributed by atoms with van der Waals surface area (Å²) in [6.07, 6.45) is 2.37. The highest BCUT2D eigenvalue weighted by Gasteiger charge is 2.23. The minimum Gasteiger partial charge on any atom is -0.354 e. The van der Waals surface area contributed by atoms with Crippen LogP contribution in [0.25, 0.3) is 0 Å². The van der Waals surface area contributed by atoms with Gasteiger partial charge >= 0.3 is 0 Å². The molecule has 3 N–H and O–H groups in total. The number of aromatic nitrogens is 1. The van der Waals surface area contributed by atoms with Gasteiger partial charge in [-0.25, -0.2) is 0 Å². The van der Waals surface area contributed by atoms with Crippen molar-refractivity contribution in [1.29, 1.82) is 0 Å². The molecular weight excluding hydrogens is 246 g/mol. The average Bonchev–Trinajstić information content (AvgIpc) is 2.55. The van der Waals surface area contributed by atoms with E-state index < -0.39 is 17.5 Å². The Morgan fingerprint density at radius 3 is 2.84 bits per heavy atom. The Hall–Kier alpha value is -2.11. The molecular formula is C13H17N3O3. The minimum atomic E-state index is -0.560. The number of carbonyl (C=O) groups excluding carboxylic acids is 2. The summed E-state index contributed by atoms with van der Waals surface area (Å²) < 4.78 is 0. The van der Waals surface area contributed by atoms with E-state index in [1.54, 1.807) is 13.0 Å². The van der Waals surface area contributed by atoms with Crippen molar-refractivity contribution in [2.45, 2.75) is 32.2 Å². The van der Waals surface area contributed by atoms with Gasteiger partial charge in [0.2, 0.25) is 5.91 Å². The van der Waals surface area contributed by atoms with E-state index in [0.29, 0.717) is 18.7 Å². The first-order valence-corrected chi connectivity index (χ1v) is 6.36. The number of hydrogen-bond acceptors (Lipinski definition) is 3. The molecule has 1 atom stereocenters. The van der Waals surface area contributed by atoms with Crippen molar-refractivity contribution in [2.75, 3.05) is 6.54 Å². The second kappa shape index (κ2) is 5.69. The molecule has 0 aliphatic carbocycles. The lowest BCUT2D eigenvalue weighted by Crippen LogP contribution is -2.46. The Balaban J connectivity index is 2.11. The fourth-order valence-corrected chi connectivity index (χ4v) is 2.06. The molecule has 102 valence electrons. The van der Waals surface area contributed by atoms with Crippen molar-refractivity contribution in [2.24, 2.45) is 0 Å². The smallest absolute Gasteiger partial charge is 0.260 e. The van der Waals surface area contributed by atoms with Gasteiger partial charge in [-0.1, -0.05) is 0 Å². The molecule has 2 rings (SSSR count). The van der Waals surface area contributed by atoms with E-state index in [9.17, 15) is 14.4 Å². The van der Waals surface area contributed by atoms with E-state index in [-0.39, 0.29) is 11.5 Å². The van der Waals surface area contributed by atoms with Crippen LogP contribution in [0.3, 0.4) is 0 Å². The van der Waals surface area contributed by atoms with Gasteiger partial charge in [-0.05, 0) is 38.3 Å². The normalized spacial score (nSPS) is 19.4. The molecule has 1 aromatic heterocycles. The predicted octanol–water partition coefficient (Wildman–Crippen LogP) is 0.0818. The van der Waals surface area contributed by atoms with Crippen molar-refractivity contribution in [3.05, 3.63) is 33.7 Å². The lowest BCUT2D eigenvalue weighted by molar-refractivity contribution is -0.122. The van der Waals surface area contributed by atoms with E-state index in [2.05, 4.69) is 15.6 Å². The summed E-state index contributed by atoms with van der Waals surface area (Å²) in [5.41, 5.74) is 0.280. The molecule has 1 saturated heterocycles. The molecule has 0 spiro atoms. The third kappa shape index (κ3) is 3.21. The topological polar surface area (TPSA) is 91.1 Å². The Morgan fingerprint density at radius 1 is 1.32 bits per heavy atom. The Morgan fingerprint density at radius 2 is 2.11 bits per heavy atom. The van der Waals surface area contributed by atoms with Crippen molar-refractivity contribution < 1.29 is 9.59 Å². The maximum Gasteiger partial charge on any atom is 0.260 e. The van der Waals surface area contributed by atoms with Gasteiger partial charge in [-0.3, -0.25) is 14.4 Å². The molecule has 6 nitrogen and oxygen atoms in total. The van der Waals surface area contributed by atoms with Crippen LogP contribution in [0.4, 0.5) is 0 Å². The van der Waals surface area contributed by atoms with Crippen molar-refractivity contribution in [1.82, 2.24) is 15.6 Å². The fraction of sp³-hybridized carbons (Fsp3) is 0.462. The standard InChI is InChI=1S/C13H17N3O3/c1-8-5-6-9(11(17)15-8)12(18)16-10-4-2-3-7-14-13(10)19/h5-6,10H,2-4,7H2,1H3,(H,14,19)(H,15,17)(H,16,18)/t10-/m0/s1. The van der Waals surface area contributed by atoms with Crippen LogP contribution in [0.15, 0.2) is 16.9 Å². The predicted molar refractivity (Wildman–Crippen MR) is 69.9 cm³/mol. The summed E-state index contributed by atoms with van der Waals surface area (Å²) in [4.78, 5) is 37.9. The second-order valence-corrected chi connectivity index (χ2v) is 4.70. The van der Waals surface area contributed by atoms with Crippen LogP contribution in [0.1, 0.15) is 35.3 Å². The molecule has 1 aliphatic rings. The van der Waals surface area contributed by atoms with Gasteiger partial charge < -0.3 is 15.6 Å². The molecule has 19 heavy (non-hydrogen) atoms. The fourth-order valence-electron chi connectivity index (χ4n) is 2.06. The molecule has 1 aromatic rings. The van der Waals surface area contributed by atoms with Crippen LogP contribution in [0.2, 0.25) is 0 Å². The third-order valence-corrected chi connectivity index (χ3v) is 3.14. The number of hydrogen-bond donors (Lipinski definition) is 3. The number of H-pyrrole nitrogens is 1. The molecule has 0 unspecified atom stereocenters. The quantitative estimate of drug-likeness (QED) is 0.705. The monoisotopic (exact) mass is 263 g/mol. The van der Waals surface area contributed by atoms with E-state index >= 15 is 0 Å². The maximum atomic E-state index is 12.0. The van der Waals surface area contributed by atoms with Gasteiger partial charge in [0.25, 0.3) is 11.5 Å².